The van der Waals surface area contributed by atoms with Crippen LogP contribution < -0.4 is 5.32 Å². The maximum Gasteiger partial charge on any atom is 0.244 e. The highest BCUT2D eigenvalue weighted by molar-refractivity contribution is 7.89. The first kappa shape index (κ1) is 21.1. The summed E-state index contributed by atoms with van der Waals surface area (Å²) in [7, 11) is -3.69. The van der Waals surface area contributed by atoms with Crippen molar-refractivity contribution in [2.45, 2.75) is 49.8 Å². The summed E-state index contributed by atoms with van der Waals surface area (Å²) in [5, 5.41) is 2.83. The molecule has 1 N–H and O–H groups in total. The zero-order valence-electron chi connectivity index (χ0n) is 15.8. The molecule has 0 spiro atoms. The molecule has 154 valence electrons. The number of hydrogen-bond donors (Lipinski definition) is 1. The minimum Gasteiger partial charge on any atom is -0.333 e. The van der Waals surface area contributed by atoms with Gasteiger partial charge in [-0.25, -0.2) is 8.42 Å². The summed E-state index contributed by atoms with van der Waals surface area (Å²) in [6, 6.07) is 4.43. The van der Waals surface area contributed by atoms with E-state index in [0.717, 1.165) is 38.5 Å². The van der Waals surface area contributed by atoms with Gasteiger partial charge in [-0.15, -0.1) is 0 Å². The number of sulfonamides is 1. The van der Waals surface area contributed by atoms with E-state index in [1.54, 1.807) is 11.0 Å². The van der Waals surface area contributed by atoms with E-state index in [9.17, 15) is 18.0 Å². The Bertz CT molecular complexity index is 838. The first-order chi connectivity index (χ1) is 13.4. The highest BCUT2D eigenvalue weighted by atomic mass is 35.5. The molecule has 2 amide bonds. The summed E-state index contributed by atoms with van der Waals surface area (Å²) in [5.74, 6) is -0.357. The Morgan fingerprint density at radius 1 is 1.04 bits per heavy atom. The second-order valence-corrected chi connectivity index (χ2v) is 9.60. The normalized spacial score (nSPS) is 19.3. The fourth-order valence-electron chi connectivity index (χ4n) is 3.60. The SMILES string of the molecule is O=C(CN1CCCCCCC1=O)Nc1ccc(Cl)c(S(=O)(=O)N2CCCC2)c1. The number of rotatable bonds is 5. The highest BCUT2D eigenvalue weighted by Gasteiger charge is 2.29. The van der Waals surface area contributed by atoms with E-state index in [1.165, 1.54) is 16.4 Å². The first-order valence-corrected chi connectivity index (χ1v) is 11.6. The molecule has 2 aliphatic rings. The van der Waals surface area contributed by atoms with Gasteiger partial charge in [-0.2, -0.15) is 4.31 Å². The lowest BCUT2D eigenvalue weighted by atomic mass is 10.1. The van der Waals surface area contributed by atoms with Crippen LogP contribution in [0.3, 0.4) is 0 Å². The lowest BCUT2D eigenvalue weighted by Gasteiger charge is -2.24. The number of halogens is 1. The lowest BCUT2D eigenvalue weighted by molar-refractivity contribution is -0.135. The molecule has 28 heavy (non-hydrogen) atoms. The number of carbonyl (C=O) groups is 2. The number of anilines is 1. The van der Waals surface area contributed by atoms with Crippen LogP contribution in [-0.4, -0.2) is 55.6 Å². The van der Waals surface area contributed by atoms with Gasteiger partial charge in [0.2, 0.25) is 21.8 Å². The summed E-state index contributed by atoms with van der Waals surface area (Å²) in [6.45, 7) is 1.50. The molecule has 0 radical (unpaired) electrons. The van der Waals surface area contributed by atoms with Crippen LogP contribution in [0.2, 0.25) is 5.02 Å². The summed E-state index contributed by atoms with van der Waals surface area (Å²) in [4.78, 5) is 26.2. The predicted molar refractivity (Wildman–Crippen MR) is 108 cm³/mol. The summed E-state index contributed by atoms with van der Waals surface area (Å²) < 4.78 is 27.0. The van der Waals surface area contributed by atoms with E-state index < -0.39 is 10.0 Å². The van der Waals surface area contributed by atoms with Crippen LogP contribution in [0.1, 0.15) is 44.9 Å². The Hall–Kier alpha value is -1.64. The van der Waals surface area contributed by atoms with E-state index in [0.29, 0.717) is 31.7 Å². The molecule has 2 aliphatic heterocycles. The van der Waals surface area contributed by atoms with Crippen LogP contribution in [0.5, 0.6) is 0 Å². The Kier molecular flexibility index (Phi) is 6.95. The van der Waals surface area contributed by atoms with Crippen LogP contribution in [0.15, 0.2) is 23.1 Å². The van der Waals surface area contributed by atoms with Crippen molar-refractivity contribution in [2.75, 3.05) is 31.5 Å². The topological polar surface area (TPSA) is 86.8 Å². The molecule has 1 aromatic carbocycles. The summed E-state index contributed by atoms with van der Waals surface area (Å²) in [5.41, 5.74) is 0.353. The third-order valence-corrected chi connectivity index (χ3v) is 7.53. The molecule has 0 atom stereocenters. The molecule has 9 heteroatoms. The van der Waals surface area contributed by atoms with Crippen molar-refractivity contribution in [3.05, 3.63) is 23.2 Å². The van der Waals surface area contributed by atoms with E-state index >= 15 is 0 Å². The van der Waals surface area contributed by atoms with Gasteiger partial charge in [0, 0.05) is 31.7 Å². The maximum atomic E-state index is 12.8. The standard InChI is InChI=1S/C19H26ClN3O4S/c20-16-9-8-15(13-17(16)28(26,27)23-11-5-6-12-23)21-18(24)14-22-10-4-2-1-3-7-19(22)25/h8-9,13H,1-7,10-12,14H2,(H,21,24). The van der Waals surface area contributed by atoms with Crippen molar-refractivity contribution >= 4 is 39.1 Å². The van der Waals surface area contributed by atoms with Crippen molar-refractivity contribution in [1.82, 2.24) is 9.21 Å². The molecule has 0 aromatic heterocycles. The Morgan fingerprint density at radius 2 is 1.71 bits per heavy atom. The highest BCUT2D eigenvalue weighted by Crippen LogP contribution is 2.29. The predicted octanol–water partition coefficient (Wildman–Crippen LogP) is 2.86. The van der Waals surface area contributed by atoms with Gasteiger partial charge in [0.05, 0.1) is 11.6 Å². The van der Waals surface area contributed by atoms with Crippen molar-refractivity contribution in [2.24, 2.45) is 0 Å². The van der Waals surface area contributed by atoms with E-state index in [1.807, 2.05) is 0 Å². The number of benzene rings is 1. The fourth-order valence-corrected chi connectivity index (χ4v) is 5.62. The van der Waals surface area contributed by atoms with Gasteiger partial charge >= 0.3 is 0 Å². The molecule has 2 saturated heterocycles. The first-order valence-electron chi connectivity index (χ1n) is 9.75. The van der Waals surface area contributed by atoms with Gasteiger partial charge in [-0.3, -0.25) is 9.59 Å². The molecule has 0 saturated carbocycles. The number of carbonyl (C=O) groups excluding carboxylic acids is 2. The minimum absolute atomic E-state index is 0.00352. The van der Waals surface area contributed by atoms with Gasteiger partial charge in [0.1, 0.15) is 4.90 Å². The monoisotopic (exact) mass is 427 g/mol. The largest absolute Gasteiger partial charge is 0.333 e. The van der Waals surface area contributed by atoms with E-state index in [4.69, 9.17) is 11.6 Å². The van der Waals surface area contributed by atoms with Gasteiger partial charge in [0.25, 0.3) is 0 Å². The molecule has 0 unspecified atom stereocenters. The zero-order chi connectivity index (χ0) is 20.1. The third-order valence-electron chi connectivity index (χ3n) is 5.15. The molecule has 1 aromatic rings. The van der Waals surface area contributed by atoms with Crippen LogP contribution in [0.25, 0.3) is 0 Å². The second kappa shape index (κ2) is 9.24. The number of nitrogens with zero attached hydrogens (tertiary/aromatic N) is 2. The molecule has 3 rings (SSSR count). The Morgan fingerprint density at radius 3 is 2.46 bits per heavy atom. The molecule has 7 nitrogen and oxygen atoms in total. The summed E-state index contributed by atoms with van der Waals surface area (Å²) in [6.07, 6.45) is 5.97. The average molecular weight is 428 g/mol. The second-order valence-electron chi connectivity index (χ2n) is 7.28. The molecule has 2 heterocycles. The molecule has 2 fully saturated rings. The van der Waals surface area contributed by atoms with Crippen molar-refractivity contribution < 1.29 is 18.0 Å². The van der Waals surface area contributed by atoms with Gasteiger partial charge in [-0.1, -0.05) is 24.4 Å². The Balaban J connectivity index is 1.70. The molecular weight excluding hydrogens is 402 g/mol. The van der Waals surface area contributed by atoms with Gasteiger partial charge in [-0.05, 0) is 43.9 Å². The third kappa shape index (κ3) is 5.04. The average Bonchev–Trinajstić information content (AvgIpc) is 3.18. The van der Waals surface area contributed by atoms with Crippen LogP contribution in [0, 0.1) is 0 Å². The fraction of sp³-hybridized carbons (Fsp3) is 0.579. The van der Waals surface area contributed by atoms with Crippen molar-refractivity contribution in [1.29, 1.82) is 0 Å². The quantitative estimate of drug-likeness (QED) is 0.782. The smallest absolute Gasteiger partial charge is 0.244 e. The van der Waals surface area contributed by atoms with E-state index in [2.05, 4.69) is 5.32 Å². The van der Waals surface area contributed by atoms with Crippen molar-refractivity contribution in [3.63, 3.8) is 0 Å². The van der Waals surface area contributed by atoms with Crippen LogP contribution in [0.4, 0.5) is 5.69 Å². The number of amides is 2. The minimum atomic E-state index is -3.69. The molecule has 0 aliphatic carbocycles. The lowest BCUT2D eigenvalue weighted by Crippen LogP contribution is -2.39. The number of likely N-dealkylation sites (tertiary alicyclic amines) is 1. The zero-order valence-corrected chi connectivity index (χ0v) is 17.4. The maximum absolute atomic E-state index is 12.8. The van der Waals surface area contributed by atoms with Crippen molar-refractivity contribution in [3.8, 4) is 0 Å². The van der Waals surface area contributed by atoms with Gasteiger partial charge < -0.3 is 10.2 Å². The molecule has 0 bridgehead atoms. The Labute approximate surface area is 171 Å². The number of hydrogen-bond acceptors (Lipinski definition) is 4. The number of nitrogens with one attached hydrogen (secondary N) is 1. The molecular formula is C19H26ClN3O4S. The van der Waals surface area contributed by atoms with E-state index in [-0.39, 0.29) is 28.3 Å². The summed E-state index contributed by atoms with van der Waals surface area (Å²) >= 11 is 6.13. The van der Waals surface area contributed by atoms with Crippen LogP contribution in [-0.2, 0) is 19.6 Å². The van der Waals surface area contributed by atoms with Crippen LogP contribution >= 0.6 is 11.6 Å². The van der Waals surface area contributed by atoms with Gasteiger partial charge in [0.15, 0.2) is 0 Å².